The quantitative estimate of drug-likeness (QED) is 0.593. The highest BCUT2D eigenvalue weighted by molar-refractivity contribution is 6.63. The molecule has 2 rings (SSSR count). The van der Waals surface area contributed by atoms with E-state index in [1.807, 2.05) is 39.0 Å². The van der Waals surface area contributed by atoms with Gasteiger partial charge in [0.2, 0.25) is 0 Å². The number of phenols is 1. The summed E-state index contributed by atoms with van der Waals surface area (Å²) in [6.45, 7) is 9.76. The van der Waals surface area contributed by atoms with Crippen molar-refractivity contribution >= 4 is 34.0 Å². The van der Waals surface area contributed by atoms with E-state index in [4.69, 9.17) is 27.9 Å². The van der Waals surface area contributed by atoms with E-state index in [0.717, 1.165) is 27.8 Å². The lowest BCUT2D eigenvalue weighted by atomic mass is 9.93. The molecule has 0 saturated carbocycles. The molecule has 0 bridgehead atoms. The van der Waals surface area contributed by atoms with Gasteiger partial charge in [0.15, 0.2) is 6.61 Å². The van der Waals surface area contributed by atoms with Crippen molar-refractivity contribution in [3.8, 4) is 11.5 Å². The van der Waals surface area contributed by atoms with E-state index in [0.29, 0.717) is 22.9 Å². The van der Waals surface area contributed by atoms with Gasteiger partial charge in [-0.3, -0.25) is 4.79 Å². The van der Waals surface area contributed by atoms with Gasteiger partial charge < -0.3 is 9.84 Å². The second-order valence-corrected chi connectivity index (χ2v) is 7.41. The molecule has 2 aromatic rings. The van der Waals surface area contributed by atoms with Crippen molar-refractivity contribution < 1.29 is 14.6 Å². The van der Waals surface area contributed by atoms with Crippen LogP contribution in [0.2, 0.25) is 5.02 Å². The Labute approximate surface area is 164 Å². The molecule has 0 fully saturated rings. The van der Waals surface area contributed by atoms with E-state index in [2.05, 4.69) is 6.58 Å². The minimum absolute atomic E-state index is 0.217. The number of halogens is 2. The number of benzene rings is 2. The maximum Gasteiger partial charge on any atom is 0.259 e. The molecular formula is C21H22Cl2O3. The van der Waals surface area contributed by atoms with Gasteiger partial charge in [0, 0.05) is 5.02 Å². The van der Waals surface area contributed by atoms with Crippen LogP contribution in [0.4, 0.5) is 0 Å². The van der Waals surface area contributed by atoms with Crippen LogP contribution in [0.3, 0.4) is 0 Å². The van der Waals surface area contributed by atoms with Crippen molar-refractivity contribution in [1.82, 2.24) is 0 Å². The first-order valence-corrected chi connectivity index (χ1v) is 9.05. The highest BCUT2D eigenvalue weighted by atomic mass is 35.5. The third kappa shape index (κ3) is 5.03. The zero-order chi connectivity index (χ0) is 19.4. The third-order valence-electron chi connectivity index (χ3n) is 4.08. The maximum absolute atomic E-state index is 10.9. The molecule has 3 nitrogen and oxygen atoms in total. The molecule has 2 aromatic carbocycles. The first-order valence-electron chi connectivity index (χ1n) is 8.30. The standard InChI is InChI=1S/C21H22Cl2O3/c1-12(2)16-9-15(26-11-21(23)25)10-19(22)18(16)8-14-5-6-20(24)17(7-14)13(3)4/h5-7,9-10,13,24H,1,8,11H2,2-4H3. The number of carbonyl (C=O) groups is 1. The summed E-state index contributed by atoms with van der Waals surface area (Å²) in [5.41, 5.74) is 4.57. The molecule has 0 aliphatic heterocycles. The van der Waals surface area contributed by atoms with Crippen LogP contribution in [-0.4, -0.2) is 17.0 Å². The van der Waals surface area contributed by atoms with E-state index < -0.39 is 5.24 Å². The summed E-state index contributed by atoms with van der Waals surface area (Å²) in [5, 5.41) is 9.97. The first kappa shape index (κ1) is 20.3. The van der Waals surface area contributed by atoms with Crippen LogP contribution in [0, 0.1) is 0 Å². The average Bonchev–Trinajstić information content (AvgIpc) is 2.55. The Morgan fingerprint density at radius 1 is 1.27 bits per heavy atom. The fraction of sp³-hybridized carbons (Fsp3) is 0.286. The highest BCUT2D eigenvalue weighted by Crippen LogP contribution is 2.34. The zero-order valence-electron chi connectivity index (χ0n) is 15.1. The number of hydrogen-bond acceptors (Lipinski definition) is 3. The Morgan fingerprint density at radius 3 is 2.54 bits per heavy atom. The summed E-state index contributed by atoms with van der Waals surface area (Å²) >= 11 is 11.8. The number of phenolic OH excluding ortho intramolecular Hbond substituents is 1. The van der Waals surface area contributed by atoms with Crippen molar-refractivity contribution in [3.05, 3.63) is 64.2 Å². The predicted octanol–water partition coefficient (Wildman–Crippen LogP) is 5.94. The summed E-state index contributed by atoms with van der Waals surface area (Å²) in [7, 11) is 0. The summed E-state index contributed by atoms with van der Waals surface area (Å²) in [6.07, 6.45) is 0.593. The fourth-order valence-electron chi connectivity index (χ4n) is 2.78. The maximum atomic E-state index is 10.9. The zero-order valence-corrected chi connectivity index (χ0v) is 16.6. The molecule has 0 radical (unpaired) electrons. The highest BCUT2D eigenvalue weighted by Gasteiger charge is 2.14. The topological polar surface area (TPSA) is 46.5 Å². The molecule has 0 spiro atoms. The fourth-order valence-corrected chi connectivity index (χ4v) is 3.11. The van der Waals surface area contributed by atoms with E-state index in [1.165, 1.54) is 0 Å². The second kappa shape index (κ2) is 8.61. The Kier molecular flexibility index (Phi) is 6.74. The summed E-state index contributed by atoms with van der Waals surface area (Å²) in [5.74, 6) is 0.985. The van der Waals surface area contributed by atoms with Crippen molar-refractivity contribution in [2.45, 2.75) is 33.1 Å². The largest absolute Gasteiger partial charge is 0.508 e. The van der Waals surface area contributed by atoms with Crippen LogP contribution in [0.5, 0.6) is 11.5 Å². The van der Waals surface area contributed by atoms with Gasteiger partial charge in [-0.15, -0.1) is 0 Å². The molecule has 0 atom stereocenters. The van der Waals surface area contributed by atoms with Gasteiger partial charge in [-0.05, 0) is 71.3 Å². The molecule has 0 aliphatic rings. The minimum atomic E-state index is -0.576. The van der Waals surface area contributed by atoms with Gasteiger partial charge in [0.1, 0.15) is 11.5 Å². The van der Waals surface area contributed by atoms with Crippen LogP contribution in [0.15, 0.2) is 36.9 Å². The molecular weight excluding hydrogens is 371 g/mol. The van der Waals surface area contributed by atoms with Gasteiger partial charge in [-0.1, -0.05) is 49.7 Å². The van der Waals surface area contributed by atoms with Crippen LogP contribution in [-0.2, 0) is 11.2 Å². The van der Waals surface area contributed by atoms with Crippen LogP contribution in [0.1, 0.15) is 48.9 Å². The lowest BCUT2D eigenvalue weighted by Gasteiger charge is -2.16. The van der Waals surface area contributed by atoms with Gasteiger partial charge in [0.25, 0.3) is 5.24 Å². The molecule has 0 saturated heterocycles. The average molecular weight is 393 g/mol. The molecule has 0 heterocycles. The van der Waals surface area contributed by atoms with E-state index in [-0.39, 0.29) is 12.5 Å². The number of allylic oxidation sites excluding steroid dienone is 1. The van der Waals surface area contributed by atoms with Crippen LogP contribution < -0.4 is 4.74 Å². The summed E-state index contributed by atoms with van der Waals surface area (Å²) in [6, 6.07) is 9.08. The van der Waals surface area contributed by atoms with E-state index in [1.54, 1.807) is 12.1 Å². The Bertz CT molecular complexity index is 841. The van der Waals surface area contributed by atoms with Gasteiger partial charge in [-0.2, -0.15) is 0 Å². The Hall–Kier alpha value is -1.97. The predicted molar refractivity (Wildman–Crippen MR) is 108 cm³/mol. The summed E-state index contributed by atoms with van der Waals surface area (Å²) in [4.78, 5) is 10.9. The molecule has 26 heavy (non-hydrogen) atoms. The first-order chi connectivity index (χ1) is 12.2. The molecule has 1 N–H and O–H groups in total. The molecule has 5 heteroatoms. The van der Waals surface area contributed by atoms with E-state index in [9.17, 15) is 9.90 Å². The number of ether oxygens (including phenoxy) is 1. The van der Waals surface area contributed by atoms with E-state index >= 15 is 0 Å². The molecule has 0 amide bonds. The number of aromatic hydroxyl groups is 1. The smallest absolute Gasteiger partial charge is 0.259 e. The molecule has 138 valence electrons. The van der Waals surface area contributed by atoms with Gasteiger partial charge in [0.05, 0.1) is 0 Å². The number of hydrogen-bond donors (Lipinski definition) is 1. The molecule has 0 aliphatic carbocycles. The van der Waals surface area contributed by atoms with Crippen LogP contribution >= 0.6 is 23.2 Å². The van der Waals surface area contributed by atoms with Crippen LogP contribution in [0.25, 0.3) is 5.57 Å². The van der Waals surface area contributed by atoms with Crippen molar-refractivity contribution in [2.24, 2.45) is 0 Å². The minimum Gasteiger partial charge on any atom is -0.508 e. The lowest BCUT2D eigenvalue weighted by molar-refractivity contribution is -0.113. The van der Waals surface area contributed by atoms with Gasteiger partial charge in [-0.25, -0.2) is 0 Å². The monoisotopic (exact) mass is 392 g/mol. The normalized spacial score (nSPS) is 10.8. The van der Waals surface area contributed by atoms with Crippen molar-refractivity contribution in [2.75, 3.05) is 6.61 Å². The van der Waals surface area contributed by atoms with Gasteiger partial charge >= 0.3 is 0 Å². The lowest BCUT2D eigenvalue weighted by Crippen LogP contribution is -2.05. The van der Waals surface area contributed by atoms with Crippen molar-refractivity contribution in [1.29, 1.82) is 0 Å². The van der Waals surface area contributed by atoms with Crippen molar-refractivity contribution in [3.63, 3.8) is 0 Å². The SMILES string of the molecule is C=C(C)c1cc(OCC(=O)Cl)cc(Cl)c1Cc1ccc(O)c(C(C)C)c1. The number of rotatable bonds is 7. The Morgan fingerprint density at radius 2 is 1.96 bits per heavy atom. The molecule has 0 aromatic heterocycles. The Balaban J connectivity index is 2.41. The summed E-state index contributed by atoms with van der Waals surface area (Å²) < 4.78 is 5.37. The molecule has 0 unspecified atom stereocenters. The number of carbonyl (C=O) groups excluding carboxylic acids is 1. The third-order valence-corrected chi connectivity index (χ3v) is 4.52. The second-order valence-electron chi connectivity index (χ2n) is 6.58.